The van der Waals surface area contributed by atoms with Gasteiger partial charge in [0, 0.05) is 27.3 Å². The molecule has 1 atom stereocenters. The molecule has 154 valence electrons. The number of nitrogens with zero attached hydrogens (tertiary/aromatic N) is 2. The van der Waals surface area contributed by atoms with Crippen molar-refractivity contribution in [3.8, 4) is 0 Å². The van der Waals surface area contributed by atoms with Crippen molar-refractivity contribution in [1.82, 2.24) is 15.6 Å². The summed E-state index contributed by atoms with van der Waals surface area (Å²) in [5, 5.41) is 7.40. The summed E-state index contributed by atoms with van der Waals surface area (Å²) in [6, 6.07) is -0.0690. The zero-order valence-corrected chi connectivity index (χ0v) is 17.8. The van der Waals surface area contributed by atoms with Crippen molar-refractivity contribution in [2.45, 2.75) is 39.7 Å². The lowest BCUT2D eigenvalue weighted by Crippen LogP contribution is -2.39. The van der Waals surface area contributed by atoms with Crippen LogP contribution in [-0.2, 0) is 14.2 Å². The summed E-state index contributed by atoms with van der Waals surface area (Å²) < 4.78 is 15.4. The largest absolute Gasteiger partial charge is 0.462 e. The van der Waals surface area contributed by atoms with E-state index in [1.54, 1.807) is 21.1 Å². The smallest absolute Gasteiger partial charge is 0.350 e. The molecular formula is C18H32N4O4S. The molecule has 0 aliphatic rings. The minimum Gasteiger partial charge on any atom is -0.462 e. The van der Waals surface area contributed by atoms with Gasteiger partial charge in [-0.1, -0.05) is 0 Å². The number of thiazole rings is 1. The molecule has 0 radical (unpaired) electrons. The SMILES string of the molecule is CCOC(=O)c1sc(C(C)NC(=NC)NCCCCOCCOC)nc1C. The summed E-state index contributed by atoms with van der Waals surface area (Å²) in [7, 11) is 3.39. The van der Waals surface area contributed by atoms with Crippen LogP contribution in [0, 0.1) is 6.92 Å². The molecule has 0 saturated heterocycles. The first-order valence-electron chi connectivity index (χ1n) is 9.21. The summed E-state index contributed by atoms with van der Waals surface area (Å²) in [6.07, 6.45) is 1.95. The van der Waals surface area contributed by atoms with Crippen molar-refractivity contribution in [2.75, 3.05) is 47.1 Å². The molecule has 9 heteroatoms. The molecule has 2 N–H and O–H groups in total. The molecule has 0 amide bonds. The van der Waals surface area contributed by atoms with Crippen LogP contribution in [0.1, 0.15) is 53.1 Å². The molecule has 0 saturated carbocycles. The quantitative estimate of drug-likeness (QED) is 0.241. The number of ether oxygens (including phenoxy) is 3. The summed E-state index contributed by atoms with van der Waals surface area (Å²) in [5.41, 5.74) is 0.693. The number of unbranched alkanes of at least 4 members (excludes halogenated alkanes) is 1. The van der Waals surface area contributed by atoms with Crippen LogP contribution < -0.4 is 10.6 Å². The van der Waals surface area contributed by atoms with Crippen LogP contribution in [0.4, 0.5) is 0 Å². The maximum absolute atomic E-state index is 11.9. The zero-order valence-electron chi connectivity index (χ0n) is 17.0. The summed E-state index contributed by atoms with van der Waals surface area (Å²) in [6.45, 7) is 8.73. The van der Waals surface area contributed by atoms with Crippen molar-refractivity contribution >= 4 is 23.3 Å². The Hall–Kier alpha value is -1.71. The van der Waals surface area contributed by atoms with Gasteiger partial charge in [-0.15, -0.1) is 11.3 Å². The summed E-state index contributed by atoms with van der Waals surface area (Å²) >= 11 is 1.35. The van der Waals surface area contributed by atoms with Crippen molar-refractivity contribution < 1.29 is 19.0 Å². The van der Waals surface area contributed by atoms with Crippen molar-refractivity contribution in [2.24, 2.45) is 4.99 Å². The Kier molecular flexibility index (Phi) is 11.6. The second kappa shape index (κ2) is 13.5. The standard InChI is InChI=1S/C18H32N4O4S/c1-6-26-17(23)15-13(2)21-16(27-15)14(3)22-18(19-4)20-9-7-8-10-25-12-11-24-5/h14H,6-12H2,1-5H3,(H2,19,20,22). The second-order valence-electron chi connectivity index (χ2n) is 5.86. The molecule has 8 nitrogen and oxygen atoms in total. The van der Waals surface area contributed by atoms with E-state index in [0.29, 0.717) is 36.4 Å². The van der Waals surface area contributed by atoms with Crippen LogP contribution in [0.5, 0.6) is 0 Å². The Morgan fingerprint density at radius 2 is 2.07 bits per heavy atom. The van der Waals surface area contributed by atoms with E-state index < -0.39 is 0 Å². The van der Waals surface area contributed by atoms with Gasteiger partial charge in [-0.2, -0.15) is 0 Å². The van der Waals surface area contributed by atoms with E-state index in [4.69, 9.17) is 14.2 Å². The third-order valence-corrected chi connectivity index (χ3v) is 4.98. The lowest BCUT2D eigenvalue weighted by molar-refractivity contribution is 0.0531. The zero-order chi connectivity index (χ0) is 20.1. The Morgan fingerprint density at radius 3 is 2.74 bits per heavy atom. The van der Waals surface area contributed by atoms with E-state index in [2.05, 4.69) is 20.6 Å². The van der Waals surface area contributed by atoms with E-state index >= 15 is 0 Å². The van der Waals surface area contributed by atoms with E-state index in [-0.39, 0.29) is 12.0 Å². The molecule has 0 aliphatic heterocycles. The van der Waals surface area contributed by atoms with Gasteiger partial charge in [-0.3, -0.25) is 4.99 Å². The van der Waals surface area contributed by atoms with E-state index in [1.165, 1.54) is 11.3 Å². The lowest BCUT2D eigenvalue weighted by Gasteiger charge is -2.16. The lowest BCUT2D eigenvalue weighted by atomic mass is 10.3. The van der Waals surface area contributed by atoms with Gasteiger partial charge in [0.2, 0.25) is 0 Å². The van der Waals surface area contributed by atoms with Gasteiger partial charge in [-0.25, -0.2) is 9.78 Å². The Morgan fingerprint density at radius 1 is 1.30 bits per heavy atom. The van der Waals surface area contributed by atoms with E-state index in [1.807, 2.05) is 13.8 Å². The number of nitrogens with one attached hydrogen (secondary N) is 2. The van der Waals surface area contributed by atoms with Gasteiger partial charge >= 0.3 is 5.97 Å². The number of carbonyl (C=O) groups is 1. The monoisotopic (exact) mass is 400 g/mol. The maximum Gasteiger partial charge on any atom is 0.350 e. The normalized spacial score (nSPS) is 12.7. The third kappa shape index (κ3) is 8.68. The fourth-order valence-electron chi connectivity index (χ4n) is 2.23. The van der Waals surface area contributed by atoms with Crippen LogP contribution >= 0.6 is 11.3 Å². The average Bonchev–Trinajstić information content (AvgIpc) is 3.05. The second-order valence-corrected chi connectivity index (χ2v) is 6.90. The Labute approximate surface area is 165 Å². The first-order chi connectivity index (χ1) is 13.0. The van der Waals surface area contributed by atoms with Crippen molar-refractivity contribution in [1.29, 1.82) is 0 Å². The fourth-order valence-corrected chi connectivity index (χ4v) is 3.19. The summed E-state index contributed by atoms with van der Waals surface area (Å²) in [4.78, 5) is 21.2. The minimum atomic E-state index is -0.318. The highest BCUT2D eigenvalue weighted by Crippen LogP contribution is 2.24. The highest BCUT2D eigenvalue weighted by Gasteiger charge is 2.19. The minimum absolute atomic E-state index is 0.0690. The molecule has 1 heterocycles. The number of methoxy groups -OCH3 is 1. The number of hydrogen-bond acceptors (Lipinski definition) is 7. The molecule has 27 heavy (non-hydrogen) atoms. The van der Waals surface area contributed by atoms with Crippen molar-refractivity contribution in [3.63, 3.8) is 0 Å². The number of rotatable bonds is 12. The molecule has 0 bridgehead atoms. The first-order valence-corrected chi connectivity index (χ1v) is 10.0. The molecule has 0 spiro atoms. The van der Waals surface area contributed by atoms with Crippen molar-refractivity contribution in [3.05, 3.63) is 15.6 Å². The van der Waals surface area contributed by atoms with Crippen LogP contribution in [-0.4, -0.2) is 64.0 Å². The van der Waals surface area contributed by atoms with Gasteiger partial charge < -0.3 is 24.8 Å². The molecule has 1 rings (SSSR count). The van der Waals surface area contributed by atoms with Crippen LogP contribution in [0.15, 0.2) is 4.99 Å². The molecule has 0 aromatic carbocycles. The maximum atomic E-state index is 11.9. The number of esters is 1. The predicted molar refractivity (Wildman–Crippen MR) is 108 cm³/mol. The fraction of sp³-hybridized carbons (Fsp3) is 0.722. The molecule has 1 aromatic heterocycles. The topological polar surface area (TPSA) is 94.1 Å². The van der Waals surface area contributed by atoms with Crippen LogP contribution in [0.2, 0.25) is 0 Å². The number of aliphatic imine (C=N–C) groups is 1. The molecule has 0 fully saturated rings. The third-order valence-electron chi connectivity index (χ3n) is 3.66. The first kappa shape index (κ1) is 23.3. The molecule has 1 aromatic rings. The van der Waals surface area contributed by atoms with Gasteiger partial charge in [0.05, 0.1) is 31.6 Å². The Bertz CT molecular complexity index is 592. The number of aromatic nitrogens is 1. The van der Waals surface area contributed by atoms with Crippen LogP contribution in [0.3, 0.4) is 0 Å². The van der Waals surface area contributed by atoms with Gasteiger partial charge in [0.1, 0.15) is 9.88 Å². The Balaban J connectivity index is 2.40. The highest BCUT2D eigenvalue weighted by molar-refractivity contribution is 7.13. The molecular weight excluding hydrogens is 368 g/mol. The number of aryl methyl sites for hydroxylation is 1. The van der Waals surface area contributed by atoms with Gasteiger partial charge in [0.25, 0.3) is 0 Å². The number of guanidine groups is 1. The molecule has 1 unspecified atom stereocenters. The van der Waals surface area contributed by atoms with Gasteiger partial charge in [0.15, 0.2) is 5.96 Å². The number of carbonyl (C=O) groups excluding carboxylic acids is 1. The average molecular weight is 401 g/mol. The highest BCUT2D eigenvalue weighted by atomic mass is 32.1. The number of hydrogen-bond donors (Lipinski definition) is 2. The predicted octanol–water partition coefficient (Wildman–Crippen LogP) is 2.30. The van der Waals surface area contributed by atoms with E-state index in [9.17, 15) is 4.79 Å². The summed E-state index contributed by atoms with van der Waals surface area (Å²) in [5.74, 6) is 0.384. The van der Waals surface area contributed by atoms with Gasteiger partial charge in [-0.05, 0) is 33.6 Å². The molecule has 0 aliphatic carbocycles. The van der Waals surface area contributed by atoms with Crippen LogP contribution in [0.25, 0.3) is 0 Å². The van der Waals surface area contributed by atoms with E-state index in [0.717, 1.165) is 31.0 Å².